The Kier molecular flexibility index (Phi) is 6.10. The maximum atomic E-state index is 12.1. The lowest BCUT2D eigenvalue weighted by molar-refractivity contribution is -0.385. The highest BCUT2D eigenvalue weighted by atomic mass is 16.6. The van der Waals surface area contributed by atoms with Crippen LogP contribution in [0.1, 0.15) is 48.0 Å². The third-order valence-corrected chi connectivity index (χ3v) is 4.60. The summed E-state index contributed by atoms with van der Waals surface area (Å²) in [6.45, 7) is 3.05. The number of hydrogen-bond donors (Lipinski definition) is 1. The van der Waals surface area contributed by atoms with Gasteiger partial charge in [-0.05, 0) is 38.9 Å². The van der Waals surface area contributed by atoms with Gasteiger partial charge in [0, 0.05) is 36.3 Å². The molecule has 1 aromatic carbocycles. The van der Waals surface area contributed by atoms with E-state index in [4.69, 9.17) is 0 Å². The van der Waals surface area contributed by atoms with Crippen molar-refractivity contribution in [3.8, 4) is 0 Å². The smallest absolute Gasteiger partial charge is 0.272 e. The minimum absolute atomic E-state index is 0.0404. The van der Waals surface area contributed by atoms with E-state index in [1.807, 2.05) is 0 Å². The lowest BCUT2D eigenvalue weighted by atomic mass is 9.94. The molecule has 1 aliphatic carbocycles. The van der Waals surface area contributed by atoms with Crippen LogP contribution in [0.2, 0.25) is 0 Å². The first-order chi connectivity index (χ1) is 11.0. The number of aryl methyl sites for hydroxylation is 1. The Balaban J connectivity index is 1.82. The van der Waals surface area contributed by atoms with Gasteiger partial charge in [0.25, 0.3) is 11.6 Å². The van der Waals surface area contributed by atoms with Gasteiger partial charge in [-0.3, -0.25) is 14.9 Å². The molecule has 6 nitrogen and oxygen atoms in total. The molecule has 0 aromatic heterocycles. The first kappa shape index (κ1) is 17.4. The summed E-state index contributed by atoms with van der Waals surface area (Å²) in [5.74, 6) is -0.181. The van der Waals surface area contributed by atoms with Crippen molar-refractivity contribution in [3.63, 3.8) is 0 Å². The average molecular weight is 319 g/mol. The van der Waals surface area contributed by atoms with Crippen LogP contribution in [0.25, 0.3) is 0 Å². The normalized spacial score (nSPS) is 15.6. The zero-order valence-electron chi connectivity index (χ0n) is 13.9. The summed E-state index contributed by atoms with van der Waals surface area (Å²) in [5.41, 5.74) is 1.01. The van der Waals surface area contributed by atoms with Crippen molar-refractivity contribution in [1.29, 1.82) is 0 Å². The van der Waals surface area contributed by atoms with Gasteiger partial charge in [0.1, 0.15) is 0 Å². The van der Waals surface area contributed by atoms with Gasteiger partial charge in [-0.2, -0.15) is 0 Å². The number of nitro benzene ring substituents is 1. The minimum atomic E-state index is -0.434. The van der Waals surface area contributed by atoms with Crippen molar-refractivity contribution in [2.75, 3.05) is 20.1 Å². The van der Waals surface area contributed by atoms with E-state index in [1.165, 1.54) is 44.2 Å². The summed E-state index contributed by atoms with van der Waals surface area (Å²) in [6.07, 6.45) is 6.41. The molecule has 6 heteroatoms. The van der Waals surface area contributed by atoms with Crippen molar-refractivity contribution < 1.29 is 9.72 Å². The topological polar surface area (TPSA) is 75.5 Å². The molecule has 1 saturated carbocycles. The number of hydrogen-bond acceptors (Lipinski definition) is 4. The van der Waals surface area contributed by atoms with Gasteiger partial charge < -0.3 is 10.2 Å². The van der Waals surface area contributed by atoms with Crippen LogP contribution in [0.4, 0.5) is 5.69 Å². The van der Waals surface area contributed by atoms with E-state index >= 15 is 0 Å². The fraction of sp³-hybridized carbons (Fsp3) is 0.588. The lowest BCUT2D eigenvalue weighted by Gasteiger charge is -2.31. The Morgan fingerprint density at radius 3 is 2.65 bits per heavy atom. The van der Waals surface area contributed by atoms with E-state index < -0.39 is 4.92 Å². The van der Waals surface area contributed by atoms with E-state index in [0.29, 0.717) is 23.7 Å². The minimum Gasteiger partial charge on any atom is -0.351 e. The third kappa shape index (κ3) is 4.76. The van der Waals surface area contributed by atoms with Crippen LogP contribution in [-0.2, 0) is 0 Å². The summed E-state index contributed by atoms with van der Waals surface area (Å²) in [7, 11) is 2.11. The fourth-order valence-corrected chi connectivity index (χ4v) is 3.15. The first-order valence-electron chi connectivity index (χ1n) is 8.22. The van der Waals surface area contributed by atoms with E-state index in [-0.39, 0.29) is 11.6 Å². The molecule has 0 atom stereocenters. The number of nitrogens with one attached hydrogen (secondary N) is 1. The molecule has 0 heterocycles. The largest absolute Gasteiger partial charge is 0.351 e. The highest BCUT2D eigenvalue weighted by Crippen LogP contribution is 2.21. The molecule has 1 amide bonds. The second kappa shape index (κ2) is 8.06. The second-order valence-electron chi connectivity index (χ2n) is 6.29. The van der Waals surface area contributed by atoms with Gasteiger partial charge in [0.15, 0.2) is 0 Å². The molecular formula is C17H25N3O3. The quantitative estimate of drug-likeness (QED) is 0.646. The molecule has 1 aliphatic rings. The van der Waals surface area contributed by atoms with Gasteiger partial charge in [-0.15, -0.1) is 0 Å². The number of likely N-dealkylation sites (N-methyl/N-ethyl adjacent to an activating group) is 1. The van der Waals surface area contributed by atoms with Gasteiger partial charge in [-0.25, -0.2) is 0 Å². The Labute approximate surface area is 137 Å². The predicted molar refractivity (Wildman–Crippen MR) is 89.7 cm³/mol. The van der Waals surface area contributed by atoms with Crippen LogP contribution < -0.4 is 5.32 Å². The summed E-state index contributed by atoms with van der Waals surface area (Å²) in [4.78, 5) is 24.8. The highest BCUT2D eigenvalue weighted by Gasteiger charge is 2.18. The molecule has 1 aromatic rings. The summed E-state index contributed by atoms with van der Waals surface area (Å²) >= 11 is 0. The number of carbonyl (C=O) groups excluding carboxylic acids is 1. The molecule has 0 spiro atoms. The summed E-state index contributed by atoms with van der Waals surface area (Å²) in [6, 6.07) is 5.09. The van der Waals surface area contributed by atoms with Crippen LogP contribution in [0.5, 0.6) is 0 Å². The van der Waals surface area contributed by atoms with Gasteiger partial charge in [0.05, 0.1) is 4.92 Å². The van der Waals surface area contributed by atoms with E-state index in [0.717, 1.165) is 6.54 Å². The van der Waals surface area contributed by atoms with Crippen molar-refractivity contribution in [3.05, 3.63) is 39.4 Å². The van der Waals surface area contributed by atoms with Crippen molar-refractivity contribution >= 4 is 11.6 Å². The molecule has 1 N–H and O–H groups in total. The maximum Gasteiger partial charge on any atom is 0.272 e. The fourth-order valence-electron chi connectivity index (χ4n) is 3.15. The number of amides is 1. The number of nitro groups is 1. The van der Waals surface area contributed by atoms with Crippen molar-refractivity contribution in [2.24, 2.45) is 0 Å². The Bertz CT molecular complexity index is 568. The average Bonchev–Trinajstić information content (AvgIpc) is 2.55. The molecule has 0 radical (unpaired) electrons. The van der Waals surface area contributed by atoms with Gasteiger partial charge in [-0.1, -0.05) is 19.3 Å². The second-order valence-corrected chi connectivity index (χ2v) is 6.29. The van der Waals surface area contributed by atoms with E-state index in [2.05, 4.69) is 17.3 Å². The Morgan fingerprint density at radius 2 is 2.04 bits per heavy atom. The van der Waals surface area contributed by atoms with Crippen LogP contribution in [0.3, 0.4) is 0 Å². The predicted octanol–water partition coefficient (Wildman–Crippen LogP) is 2.90. The molecule has 1 fully saturated rings. The SMILES string of the molecule is Cc1cc(C(=O)NCCN(C)C2CCCCC2)ccc1[N+](=O)[O-]. The molecule has 126 valence electrons. The Morgan fingerprint density at radius 1 is 1.35 bits per heavy atom. The van der Waals surface area contributed by atoms with Crippen LogP contribution in [-0.4, -0.2) is 41.9 Å². The van der Waals surface area contributed by atoms with Gasteiger partial charge in [0.2, 0.25) is 0 Å². The first-order valence-corrected chi connectivity index (χ1v) is 8.22. The van der Waals surface area contributed by atoms with E-state index in [9.17, 15) is 14.9 Å². The summed E-state index contributed by atoms with van der Waals surface area (Å²) in [5, 5.41) is 13.7. The standard InChI is InChI=1S/C17H25N3O3/c1-13-12-14(8-9-16(13)20(22)23)17(21)18-10-11-19(2)15-6-4-3-5-7-15/h8-9,12,15H,3-7,10-11H2,1-2H3,(H,18,21). The van der Waals surface area contributed by atoms with E-state index in [1.54, 1.807) is 13.0 Å². The van der Waals surface area contributed by atoms with Crippen LogP contribution in [0, 0.1) is 17.0 Å². The molecular weight excluding hydrogens is 294 g/mol. The lowest BCUT2D eigenvalue weighted by Crippen LogP contribution is -2.39. The molecule has 0 saturated heterocycles. The molecule has 0 bridgehead atoms. The Hall–Kier alpha value is -1.95. The zero-order valence-corrected chi connectivity index (χ0v) is 13.9. The number of nitrogens with zero attached hydrogens (tertiary/aromatic N) is 2. The zero-order chi connectivity index (χ0) is 16.8. The van der Waals surface area contributed by atoms with Crippen molar-refractivity contribution in [1.82, 2.24) is 10.2 Å². The van der Waals surface area contributed by atoms with Crippen LogP contribution in [0.15, 0.2) is 18.2 Å². The highest BCUT2D eigenvalue weighted by molar-refractivity contribution is 5.94. The molecule has 0 unspecified atom stereocenters. The van der Waals surface area contributed by atoms with Crippen LogP contribution >= 0.6 is 0 Å². The number of carbonyl (C=O) groups is 1. The third-order valence-electron chi connectivity index (χ3n) is 4.60. The number of rotatable bonds is 6. The number of benzene rings is 1. The maximum absolute atomic E-state index is 12.1. The molecule has 23 heavy (non-hydrogen) atoms. The molecule has 2 rings (SSSR count). The monoisotopic (exact) mass is 319 g/mol. The summed E-state index contributed by atoms with van der Waals surface area (Å²) < 4.78 is 0. The van der Waals surface area contributed by atoms with Crippen molar-refractivity contribution in [2.45, 2.75) is 45.1 Å². The van der Waals surface area contributed by atoms with Gasteiger partial charge >= 0.3 is 0 Å². The molecule has 0 aliphatic heterocycles.